The monoisotopic (exact) mass is 205 g/mol. The molecule has 5 heteroatoms. The number of nitrogens with one attached hydrogen (secondary N) is 1. The highest BCUT2D eigenvalue weighted by atomic mass is 16.2. The van der Waals surface area contributed by atoms with Crippen molar-refractivity contribution in [3.8, 4) is 0 Å². The Balaban J connectivity index is 2.33. The second kappa shape index (κ2) is 3.68. The number of amides is 2. The van der Waals surface area contributed by atoms with Gasteiger partial charge in [-0.3, -0.25) is 19.5 Å². The molecule has 0 aliphatic carbocycles. The Bertz CT molecular complexity index is 417. The van der Waals surface area contributed by atoms with Crippen LogP contribution in [0.4, 0.5) is 5.69 Å². The van der Waals surface area contributed by atoms with E-state index in [1.165, 1.54) is 4.90 Å². The Morgan fingerprint density at radius 2 is 2.27 bits per heavy atom. The lowest BCUT2D eigenvalue weighted by atomic mass is 10.2. The van der Waals surface area contributed by atoms with Gasteiger partial charge in [0.05, 0.1) is 17.9 Å². The Morgan fingerprint density at radius 3 is 3.00 bits per heavy atom. The van der Waals surface area contributed by atoms with Crippen molar-refractivity contribution >= 4 is 17.5 Å². The third kappa shape index (κ3) is 1.81. The van der Waals surface area contributed by atoms with Crippen LogP contribution in [0.15, 0.2) is 18.3 Å². The number of carbonyl (C=O) groups excluding carboxylic acids is 2. The van der Waals surface area contributed by atoms with Crippen molar-refractivity contribution < 1.29 is 9.59 Å². The SMILES string of the molecule is Cc1ncccc1N1CC(=O)NCC1=O. The molecule has 0 spiro atoms. The molecule has 1 N–H and O–H groups in total. The van der Waals surface area contributed by atoms with Gasteiger partial charge in [-0.05, 0) is 19.1 Å². The highest BCUT2D eigenvalue weighted by Gasteiger charge is 2.25. The second-order valence-electron chi connectivity index (χ2n) is 3.36. The molecule has 1 aliphatic rings. The summed E-state index contributed by atoms with van der Waals surface area (Å²) in [6, 6.07) is 3.54. The highest BCUT2D eigenvalue weighted by Crippen LogP contribution is 2.18. The van der Waals surface area contributed by atoms with Gasteiger partial charge in [-0.2, -0.15) is 0 Å². The average Bonchev–Trinajstić information content (AvgIpc) is 2.23. The van der Waals surface area contributed by atoms with Crippen molar-refractivity contribution in [2.45, 2.75) is 6.92 Å². The summed E-state index contributed by atoms with van der Waals surface area (Å²) in [7, 11) is 0. The molecule has 0 unspecified atom stereocenters. The van der Waals surface area contributed by atoms with Gasteiger partial charge >= 0.3 is 0 Å². The molecule has 2 amide bonds. The summed E-state index contributed by atoms with van der Waals surface area (Å²) in [6.45, 7) is 1.95. The van der Waals surface area contributed by atoms with Crippen LogP contribution >= 0.6 is 0 Å². The summed E-state index contributed by atoms with van der Waals surface area (Å²) in [4.78, 5) is 28.3. The maximum Gasteiger partial charge on any atom is 0.246 e. The number of nitrogens with zero attached hydrogens (tertiary/aromatic N) is 2. The maximum atomic E-state index is 11.6. The molecule has 15 heavy (non-hydrogen) atoms. The van der Waals surface area contributed by atoms with Crippen LogP contribution in [0.5, 0.6) is 0 Å². The third-order valence-corrected chi connectivity index (χ3v) is 2.31. The molecule has 0 aromatic carbocycles. The number of hydrogen-bond donors (Lipinski definition) is 1. The molecular weight excluding hydrogens is 194 g/mol. The Morgan fingerprint density at radius 1 is 1.47 bits per heavy atom. The molecule has 1 aromatic heterocycles. The largest absolute Gasteiger partial charge is 0.345 e. The number of aryl methyl sites for hydroxylation is 1. The predicted octanol–water partition coefficient (Wildman–Crippen LogP) is -0.147. The van der Waals surface area contributed by atoms with Crippen LogP contribution in [0.2, 0.25) is 0 Å². The van der Waals surface area contributed by atoms with Gasteiger partial charge in [0.15, 0.2) is 0 Å². The summed E-state index contributed by atoms with van der Waals surface area (Å²) in [5.41, 5.74) is 1.46. The van der Waals surface area contributed by atoms with Gasteiger partial charge in [0.1, 0.15) is 6.54 Å². The maximum absolute atomic E-state index is 11.6. The summed E-state index contributed by atoms with van der Waals surface area (Å²) in [6.07, 6.45) is 1.66. The number of pyridine rings is 1. The van der Waals surface area contributed by atoms with Crippen molar-refractivity contribution in [3.05, 3.63) is 24.0 Å². The Labute approximate surface area is 87.1 Å². The molecule has 0 bridgehead atoms. The normalized spacial score (nSPS) is 16.5. The third-order valence-electron chi connectivity index (χ3n) is 2.31. The first-order valence-electron chi connectivity index (χ1n) is 4.67. The van der Waals surface area contributed by atoms with E-state index < -0.39 is 0 Å². The Hall–Kier alpha value is -1.91. The Kier molecular flexibility index (Phi) is 2.37. The van der Waals surface area contributed by atoms with E-state index in [0.717, 1.165) is 5.69 Å². The first-order valence-corrected chi connectivity index (χ1v) is 4.67. The minimum absolute atomic E-state index is 0.0627. The smallest absolute Gasteiger partial charge is 0.246 e. The molecule has 1 saturated heterocycles. The van der Waals surface area contributed by atoms with Crippen molar-refractivity contribution in [3.63, 3.8) is 0 Å². The summed E-state index contributed by atoms with van der Waals surface area (Å²) in [5, 5.41) is 2.50. The van der Waals surface area contributed by atoms with Gasteiger partial charge in [-0.25, -0.2) is 0 Å². The van der Waals surface area contributed by atoms with Crippen LogP contribution in [-0.2, 0) is 9.59 Å². The summed E-state index contributed by atoms with van der Waals surface area (Å²) < 4.78 is 0. The fraction of sp³-hybridized carbons (Fsp3) is 0.300. The van der Waals surface area contributed by atoms with Crippen LogP contribution in [-0.4, -0.2) is 29.9 Å². The zero-order valence-electron chi connectivity index (χ0n) is 8.36. The lowest BCUT2D eigenvalue weighted by Gasteiger charge is -2.27. The number of aromatic nitrogens is 1. The minimum atomic E-state index is -0.141. The second-order valence-corrected chi connectivity index (χ2v) is 3.36. The van der Waals surface area contributed by atoms with Gasteiger partial charge in [0.2, 0.25) is 11.8 Å². The molecule has 1 aromatic rings. The fourth-order valence-corrected chi connectivity index (χ4v) is 1.54. The lowest BCUT2D eigenvalue weighted by Crippen LogP contribution is -2.52. The van der Waals surface area contributed by atoms with Gasteiger partial charge < -0.3 is 5.32 Å². The van der Waals surface area contributed by atoms with Crippen molar-refractivity contribution in [2.24, 2.45) is 0 Å². The van der Waals surface area contributed by atoms with E-state index >= 15 is 0 Å². The molecule has 1 aliphatic heterocycles. The standard InChI is InChI=1S/C10H11N3O2/c1-7-8(3-2-4-11-7)13-6-9(14)12-5-10(13)15/h2-4H,5-6H2,1H3,(H,12,14). The molecular formula is C10H11N3O2. The summed E-state index contributed by atoms with van der Waals surface area (Å²) in [5.74, 6) is -0.247. The van der Waals surface area contributed by atoms with Gasteiger partial charge in [0, 0.05) is 6.20 Å². The van der Waals surface area contributed by atoms with E-state index in [-0.39, 0.29) is 24.9 Å². The molecule has 0 atom stereocenters. The van der Waals surface area contributed by atoms with Crippen LogP contribution in [0.25, 0.3) is 0 Å². The first kappa shape index (κ1) is 9.64. The number of carbonyl (C=O) groups is 2. The fourth-order valence-electron chi connectivity index (χ4n) is 1.54. The molecule has 1 fully saturated rings. The van der Waals surface area contributed by atoms with Gasteiger partial charge in [-0.1, -0.05) is 0 Å². The number of hydrogen-bond acceptors (Lipinski definition) is 3. The van der Waals surface area contributed by atoms with Crippen LogP contribution in [0.1, 0.15) is 5.69 Å². The number of anilines is 1. The average molecular weight is 205 g/mol. The van der Waals surface area contributed by atoms with Gasteiger partial charge in [-0.15, -0.1) is 0 Å². The zero-order valence-corrected chi connectivity index (χ0v) is 8.36. The molecule has 78 valence electrons. The molecule has 2 heterocycles. The molecule has 5 nitrogen and oxygen atoms in total. The minimum Gasteiger partial charge on any atom is -0.345 e. The van der Waals surface area contributed by atoms with E-state index in [2.05, 4.69) is 10.3 Å². The number of rotatable bonds is 1. The highest BCUT2D eigenvalue weighted by molar-refractivity contribution is 6.04. The van der Waals surface area contributed by atoms with Gasteiger partial charge in [0.25, 0.3) is 0 Å². The predicted molar refractivity (Wildman–Crippen MR) is 54.3 cm³/mol. The van der Waals surface area contributed by atoms with E-state index in [1.54, 1.807) is 18.3 Å². The van der Waals surface area contributed by atoms with Crippen molar-refractivity contribution in [1.82, 2.24) is 10.3 Å². The first-order chi connectivity index (χ1) is 7.18. The van der Waals surface area contributed by atoms with Crippen molar-refractivity contribution in [2.75, 3.05) is 18.0 Å². The van der Waals surface area contributed by atoms with E-state index in [9.17, 15) is 9.59 Å². The zero-order chi connectivity index (χ0) is 10.8. The molecule has 0 radical (unpaired) electrons. The van der Waals surface area contributed by atoms with Crippen LogP contribution in [0.3, 0.4) is 0 Å². The quantitative estimate of drug-likeness (QED) is 0.693. The summed E-state index contributed by atoms with van der Waals surface area (Å²) >= 11 is 0. The van der Waals surface area contributed by atoms with Crippen molar-refractivity contribution in [1.29, 1.82) is 0 Å². The molecule has 2 rings (SSSR count). The van der Waals surface area contributed by atoms with E-state index in [1.807, 2.05) is 6.92 Å². The topological polar surface area (TPSA) is 62.3 Å². The lowest BCUT2D eigenvalue weighted by molar-refractivity contribution is -0.128. The molecule has 0 saturated carbocycles. The van der Waals surface area contributed by atoms with E-state index in [4.69, 9.17) is 0 Å². The van der Waals surface area contributed by atoms with E-state index in [0.29, 0.717) is 5.69 Å². The number of piperazine rings is 1. The van der Waals surface area contributed by atoms with Crippen LogP contribution < -0.4 is 10.2 Å². The van der Waals surface area contributed by atoms with Crippen LogP contribution in [0, 0.1) is 6.92 Å².